The average Bonchev–Trinajstić information content (AvgIpc) is 2.79. The van der Waals surface area contributed by atoms with Crippen molar-refractivity contribution in [3.63, 3.8) is 0 Å². The summed E-state index contributed by atoms with van der Waals surface area (Å²) in [5.74, 6) is -0.603. The first-order valence-electron chi connectivity index (χ1n) is 10.1. The van der Waals surface area contributed by atoms with E-state index in [2.05, 4.69) is 33.2 Å². The van der Waals surface area contributed by atoms with E-state index in [9.17, 15) is 19.2 Å². The zero-order valence-corrected chi connectivity index (χ0v) is 19.9. The summed E-state index contributed by atoms with van der Waals surface area (Å²) in [6.07, 6.45) is -1.17. The summed E-state index contributed by atoms with van der Waals surface area (Å²) in [7, 11) is 1.49. The van der Waals surface area contributed by atoms with Crippen LogP contribution >= 0.6 is 22.6 Å². The number of amides is 5. The monoisotopic (exact) mass is 566 g/mol. The first-order chi connectivity index (χ1) is 15.8. The van der Waals surface area contributed by atoms with Gasteiger partial charge in [-0.25, -0.2) is 14.5 Å². The second-order valence-corrected chi connectivity index (χ2v) is 8.46. The van der Waals surface area contributed by atoms with Gasteiger partial charge in [0, 0.05) is 23.0 Å². The molecule has 174 valence electrons. The number of rotatable bonds is 8. The third kappa shape index (κ3) is 6.12. The summed E-state index contributed by atoms with van der Waals surface area (Å²) in [4.78, 5) is 51.8. The summed E-state index contributed by atoms with van der Waals surface area (Å²) in [5.41, 5.74) is 1.28. The standard InChI is InChI=1S/C22H23IN4O6/c1-33-18-8-7-15(23)12-17(18)26-10-9-19(28)27(22(26)32)13-24-20(29)16(25-21(30)31)11-14-5-3-2-4-6-14/h2-8,12,16,25H,9-11,13H2,1H3,(H,24,29)(H,30,31). The van der Waals surface area contributed by atoms with Crippen LogP contribution < -0.4 is 20.3 Å². The minimum absolute atomic E-state index is 0.0665. The highest BCUT2D eigenvalue weighted by atomic mass is 127. The number of carboxylic acid groups (broad SMARTS) is 1. The molecule has 0 radical (unpaired) electrons. The minimum atomic E-state index is -1.35. The fraction of sp³-hybridized carbons (Fsp3) is 0.273. The highest BCUT2D eigenvalue weighted by Crippen LogP contribution is 2.32. The van der Waals surface area contributed by atoms with Gasteiger partial charge in [0.1, 0.15) is 18.5 Å². The quantitative estimate of drug-likeness (QED) is 0.422. The molecule has 1 aliphatic heterocycles. The smallest absolute Gasteiger partial charge is 0.405 e. The zero-order valence-electron chi connectivity index (χ0n) is 17.8. The van der Waals surface area contributed by atoms with Crippen LogP contribution in [0.4, 0.5) is 15.3 Å². The van der Waals surface area contributed by atoms with Crippen LogP contribution in [0.3, 0.4) is 0 Å². The largest absolute Gasteiger partial charge is 0.495 e. The van der Waals surface area contributed by atoms with E-state index >= 15 is 0 Å². The molecule has 2 aromatic carbocycles. The summed E-state index contributed by atoms with van der Waals surface area (Å²) < 4.78 is 6.24. The topological polar surface area (TPSA) is 128 Å². The van der Waals surface area contributed by atoms with E-state index in [1.165, 1.54) is 12.0 Å². The highest BCUT2D eigenvalue weighted by molar-refractivity contribution is 14.1. The Labute approximate surface area is 204 Å². The molecule has 2 aromatic rings. The molecule has 0 spiro atoms. The number of urea groups is 1. The maximum Gasteiger partial charge on any atom is 0.405 e. The van der Waals surface area contributed by atoms with Crippen molar-refractivity contribution in [2.24, 2.45) is 0 Å². The van der Waals surface area contributed by atoms with Crippen molar-refractivity contribution >= 4 is 52.2 Å². The Hall–Kier alpha value is -3.35. The average molecular weight is 566 g/mol. The second kappa shape index (κ2) is 11.0. The third-order valence-corrected chi connectivity index (χ3v) is 5.72. The molecule has 3 rings (SSSR count). The van der Waals surface area contributed by atoms with E-state index in [0.717, 1.165) is 14.0 Å². The lowest BCUT2D eigenvalue weighted by molar-refractivity contribution is -0.130. The van der Waals surface area contributed by atoms with E-state index < -0.39 is 30.0 Å². The van der Waals surface area contributed by atoms with Crippen LogP contribution in [-0.2, 0) is 16.0 Å². The lowest BCUT2D eigenvalue weighted by atomic mass is 10.1. The molecule has 0 aromatic heterocycles. The van der Waals surface area contributed by atoms with Gasteiger partial charge in [-0.2, -0.15) is 0 Å². The van der Waals surface area contributed by atoms with Gasteiger partial charge in [0.25, 0.3) is 0 Å². The number of hydrogen-bond acceptors (Lipinski definition) is 5. The number of ether oxygens (including phenoxy) is 1. The van der Waals surface area contributed by atoms with Gasteiger partial charge >= 0.3 is 12.1 Å². The molecule has 3 N–H and O–H groups in total. The summed E-state index contributed by atoms with van der Waals surface area (Å²) in [6, 6.07) is 12.6. The maximum atomic E-state index is 13.1. The molecule has 10 nitrogen and oxygen atoms in total. The minimum Gasteiger partial charge on any atom is -0.495 e. The molecule has 0 aliphatic carbocycles. The predicted octanol–water partition coefficient (Wildman–Crippen LogP) is 2.41. The maximum absolute atomic E-state index is 13.1. The Morgan fingerprint density at radius 1 is 1.18 bits per heavy atom. The molecule has 1 unspecified atom stereocenters. The van der Waals surface area contributed by atoms with Gasteiger partial charge in [-0.3, -0.25) is 14.5 Å². The summed E-state index contributed by atoms with van der Waals surface area (Å²) >= 11 is 2.12. The van der Waals surface area contributed by atoms with Crippen LogP contribution in [0.1, 0.15) is 12.0 Å². The van der Waals surface area contributed by atoms with E-state index in [0.29, 0.717) is 11.4 Å². The van der Waals surface area contributed by atoms with Crippen molar-refractivity contribution in [3.05, 3.63) is 57.7 Å². The summed E-state index contributed by atoms with van der Waals surface area (Å²) in [6.45, 7) is -0.207. The van der Waals surface area contributed by atoms with Crippen molar-refractivity contribution in [2.45, 2.75) is 18.9 Å². The third-order valence-electron chi connectivity index (χ3n) is 5.05. The fourth-order valence-corrected chi connectivity index (χ4v) is 3.91. The highest BCUT2D eigenvalue weighted by Gasteiger charge is 2.35. The molecule has 1 heterocycles. The van der Waals surface area contributed by atoms with Gasteiger partial charge in [-0.1, -0.05) is 30.3 Å². The Morgan fingerprint density at radius 2 is 1.91 bits per heavy atom. The van der Waals surface area contributed by atoms with Gasteiger partial charge in [-0.15, -0.1) is 0 Å². The van der Waals surface area contributed by atoms with Crippen molar-refractivity contribution in [1.29, 1.82) is 0 Å². The van der Waals surface area contributed by atoms with Gasteiger partial charge < -0.3 is 20.5 Å². The number of imide groups is 1. The number of hydrogen-bond donors (Lipinski definition) is 3. The number of benzene rings is 2. The van der Waals surface area contributed by atoms with E-state index in [4.69, 9.17) is 9.84 Å². The molecular weight excluding hydrogens is 543 g/mol. The first-order valence-corrected chi connectivity index (χ1v) is 11.1. The molecule has 1 fully saturated rings. The molecule has 5 amide bonds. The second-order valence-electron chi connectivity index (χ2n) is 7.21. The van der Waals surface area contributed by atoms with Crippen molar-refractivity contribution in [3.8, 4) is 5.75 Å². The van der Waals surface area contributed by atoms with Gasteiger partial charge in [0.05, 0.1) is 12.8 Å². The van der Waals surface area contributed by atoms with Gasteiger partial charge in [-0.05, 0) is 46.4 Å². The SMILES string of the molecule is COc1ccc(I)cc1N1CCC(=O)N(CNC(=O)C(Cc2ccccc2)NC(=O)O)C1=O. The normalized spacial score (nSPS) is 14.6. The molecule has 33 heavy (non-hydrogen) atoms. The number of carbonyl (C=O) groups excluding carboxylic acids is 3. The van der Waals surface area contributed by atoms with Crippen molar-refractivity contribution < 1.29 is 29.0 Å². The Kier molecular flexibility index (Phi) is 8.09. The lowest BCUT2D eigenvalue weighted by Gasteiger charge is -2.35. The van der Waals surface area contributed by atoms with E-state index in [-0.39, 0.29) is 26.1 Å². The van der Waals surface area contributed by atoms with Crippen LogP contribution in [0.2, 0.25) is 0 Å². The number of nitrogens with one attached hydrogen (secondary N) is 2. The van der Waals surface area contributed by atoms with Gasteiger partial charge in [0.2, 0.25) is 11.8 Å². The Bertz CT molecular complexity index is 1050. The van der Waals surface area contributed by atoms with Crippen LogP contribution in [-0.4, -0.2) is 60.3 Å². The predicted molar refractivity (Wildman–Crippen MR) is 128 cm³/mol. The fourth-order valence-electron chi connectivity index (χ4n) is 3.43. The number of anilines is 1. The molecule has 1 atom stereocenters. The van der Waals surface area contributed by atoms with Crippen LogP contribution in [0.15, 0.2) is 48.5 Å². The van der Waals surface area contributed by atoms with Crippen LogP contribution in [0, 0.1) is 3.57 Å². The molecule has 11 heteroatoms. The number of carbonyl (C=O) groups is 4. The van der Waals surface area contributed by atoms with E-state index in [1.54, 1.807) is 36.4 Å². The number of nitrogens with zero attached hydrogens (tertiary/aromatic N) is 2. The molecule has 1 aliphatic rings. The molecule has 0 bridgehead atoms. The van der Waals surface area contributed by atoms with Gasteiger partial charge in [0.15, 0.2) is 0 Å². The Morgan fingerprint density at radius 3 is 2.58 bits per heavy atom. The van der Waals surface area contributed by atoms with Crippen LogP contribution in [0.5, 0.6) is 5.75 Å². The lowest BCUT2D eigenvalue weighted by Crippen LogP contribution is -2.57. The summed E-state index contributed by atoms with van der Waals surface area (Å²) in [5, 5.41) is 13.8. The number of halogens is 1. The van der Waals surface area contributed by atoms with Crippen molar-refractivity contribution in [2.75, 3.05) is 25.2 Å². The zero-order chi connectivity index (χ0) is 24.0. The van der Waals surface area contributed by atoms with Crippen molar-refractivity contribution in [1.82, 2.24) is 15.5 Å². The number of methoxy groups -OCH3 is 1. The molecule has 1 saturated heterocycles. The first kappa shape index (κ1) is 24.3. The van der Waals surface area contributed by atoms with Crippen LogP contribution in [0.25, 0.3) is 0 Å². The molecule has 0 saturated carbocycles. The Balaban J connectivity index is 1.72. The molecular formula is C22H23IN4O6. The van der Waals surface area contributed by atoms with E-state index in [1.807, 2.05) is 12.1 Å².